The normalized spacial score (nSPS) is 15.9. The van der Waals surface area contributed by atoms with Crippen LogP contribution in [0.3, 0.4) is 0 Å². The minimum Gasteiger partial charge on any atom is -0.353 e. The molecule has 0 spiro atoms. The first-order valence-corrected chi connectivity index (χ1v) is 5.16. The summed E-state index contributed by atoms with van der Waals surface area (Å²) in [5.41, 5.74) is -0.969. The fraction of sp³-hybridized carbons (Fsp3) is 0.556. The van der Waals surface area contributed by atoms with Gasteiger partial charge in [0.25, 0.3) is 5.56 Å². The number of hydrogen-bond donors (Lipinski definition) is 1. The molecule has 1 fully saturated rings. The van der Waals surface area contributed by atoms with Crippen LogP contribution in [0, 0.1) is 0 Å². The van der Waals surface area contributed by atoms with E-state index in [4.69, 9.17) is 0 Å². The molecular formula is C9H13N5O3. The van der Waals surface area contributed by atoms with E-state index in [0.29, 0.717) is 13.1 Å². The van der Waals surface area contributed by atoms with Gasteiger partial charge in [-0.2, -0.15) is 0 Å². The second-order valence-corrected chi connectivity index (χ2v) is 3.87. The zero-order valence-corrected chi connectivity index (χ0v) is 9.63. The van der Waals surface area contributed by atoms with Crippen molar-refractivity contribution in [3.05, 3.63) is 20.8 Å². The largest absolute Gasteiger partial charge is 0.353 e. The molecule has 1 aromatic heterocycles. The number of carbonyl (C=O) groups is 1. The van der Waals surface area contributed by atoms with E-state index >= 15 is 0 Å². The number of piperazine rings is 1. The van der Waals surface area contributed by atoms with E-state index in [1.54, 1.807) is 4.90 Å². The maximum atomic E-state index is 11.9. The maximum Gasteiger partial charge on any atom is 0.346 e. The second kappa shape index (κ2) is 4.04. The van der Waals surface area contributed by atoms with Crippen LogP contribution in [0.4, 0.5) is 5.82 Å². The number of carbonyl (C=O) groups excluding carboxylic acids is 1. The Morgan fingerprint density at radius 2 is 1.94 bits per heavy atom. The third-order valence-electron chi connectivity index (χ3n) is 2.64. The Labute approximate surface area is 96.5 Å². The molecule has 17 heavy (non-hydrogen) atoms. The molecule has 8 heteroatoms. The molecule has 0 bridgehead atoms. The molecule has 0 aliphatic carbocycles. The topological polar surface area (TPSA) is 89.2 Å². The first kappa shape index (κ1) is 11.4. The van der Waals surface area contributed by atoms with Crippen molar-refractivity contribution in [1.82, 2.24) is 19.7 Å². The lowest BCUT2D eigenvalue weighted by Gasteiger charge is -2.26. The van der Waals surface area contributed by atoms with E-state index in [2.05, 4.69) is 10.4 Å². The highest BCUT2D eigenvalue weighted by Crippen LogP contribution is 2.03. The molecule has 0 unspecified atom stereocenters. The molecule has 2 rings (SSSR count). The molecule has 1 N–H and O–H groups in total. The summed E-state index contributed by atoms with van der Waals surface area (Å²) in [5, 5.41) is 6.56. The van der Waals surface area contributed by atoms with Gasteiger partial charge in [-0.15, -0.1) is 5.10 Å². The van der Waals surface area contributed by atoms with E-state index in [0.717, 1.165) is 9.25 Å². The molecule has 1 aliphatic heterocycles. The molecule has 8 nitrogen and oxygen atoms in total. The van der Waals surface area contributed by atoms with Gasteiger partial charge in [0, 0.05) is 27.2 Å². The highest BCUT2D eigenvalue weighted by molar-refractivity contribution is 5.82. The number of amides is 1. The predicted octanol–water partition coefficient (Wildman–Crippen LogP) is -2.58. The standard InChI is InChI=1S/C9H13N5O3/c1-12-8(16)7(11-13(2)9(12)17)14-4-3-10-6(15)5-14/h3-5H2,1-2H3,(H,10,15). The molecule has 1 aromatic rings. The highest BCUT2D eigenvalue weighted by atomic mass is 16.2. The average Bonchev–Trinajstić information content (AvgIpc) is 2.31. The van der Waals surface area contributed by atoms with Gasteiger partial charge in [-0.3, -0.25) is 14.2 Å². The van der Waals surface area contributed by atoms with E-state index < -0.39 is 11.2 Å². The first-order chi connectivity index (χ1) is 8.00. The lowest BCUT2D eigenvalue weighted by Crippen LogP contribution is -2.51. The number of aryl methyl sites for hydroxylation is 1. The summed E-state index contributed by atoms with van der Waals surface area (Å²) in [5.74, 6) is -0.0293. The van der Waals surface area contributed by atoms with Crippen LogP contribution in [-0.2, 0) is 18.9 Å². The molecule has 1 amide bonds. The van der Waals surface area contributed by atoms with Gasteiger partial charge in [-0.1, -0.05) is 0 Å². The van der Waals surface area contributed by atoms with Crippen molar-refractivity contribution in [2.45, 2.75) is 0 Å². The fourth-order valence-electron chi connectivity index (χ4n) is 1.70. The van der Waals surface area contributed by atoms with E-state index in [1.807, 2.05) is 0 Å². The molecule has 0 atom stereocenters. The number of hydrogen-bond acceptors (Lipinski definition) is 5. The number of nitrogens with zero attached hydrogens (tertiary/aromatic N) is 4. The molecule has 0 aromatic carbocycles. The molecule has 0 radical (unpaired) electrons. The summed E-state index contributed by atoms with van der Waals surface area (Å²) in [7, 11) is 2.86. The van der Waals surface area contributed by atoms with Crippen LogP contribution in [0.5, 0.6) is 0 Å². The summed E-state index contributed by atoms with van der Waals surface area (Å²) in [6.07, 6.45) is 0. The van der Waals surface area contributed by atoms with Gasteiger partial charge < -0.3 is 10.2 Å². The molecule has 0 saturated carbocycles. The summed E-state index contributed by atoms with van der Waals surface area (Å²) >= 11 is 0. The third-order valence-corrected chi connectivity index (χ3v) is 2.64. The molecular weight excluding hydrogens is 226 g/mol. The molecule has 1 aliphatic rings. The van der Waals surface area contributed by atoms with Crippen molar-refractivity contribution >= 4 is 11.7 Å². The Balaban J connectivity index is 2.49. The summed E-state index contributed by atoms with van der Waals surface area (Å²) in [4.78, 5) is 36.1. The predicted molar refractivity (Wildman–Crippen MR) is 59.9 cm³/mol. The van der Waals surface area contributed by atoms with Gasteiger partial charge in [-0.25, -0.2) is 9.48 Å². The van der Waals surface area contributed by atoms with Gasteiger partial charge in [0.2, 0.25) is 11.7 Å². The fourth-order valence-corrected chi connectivity index (χ4v) is 1.70. The first-order valence-electron chi connectivity index (χ1n) is 5.16. The minimum absolute atomic E-state index is 0.0838. The van der Waals surface area contributed by atoms with E-state index in [-0.39, 0.29) is 18.3 Å². The Kier molecular flexibility index (Phi) is 2.70. The van der Waals surface area contributed by atoms with Crippen LogP contribution in [0.15, 0.2) is 9.59 Å². The van der Waals surface area contributed by atoms with Crippen molar-refractivity contribution in [3.63, 3.8) is 0 Å². The Morgan fingerprint density at radius 1 is 1.24 bits per heavy atom. The quantitative estimate of drug-likeness (QED) is 0.581. The Hall–Kier alpha value is -2.12. The van der Waals surface area contributed by atoms with Gasteiger partial charge in [0.05, 0.1) is 6.54 Å². The Bertz CT molecular complexity index is 573. The smallest absolute Gasteiger partial charge is 0.346 e. The zero-order chi connectivity index (χ0) is 12.6. The van der Waals surface area contributed by atoms with Crippen molar-refractivity contribution in [1.29, 1.82) is 0 Å². The zero-order valence-electron chi connectivity index (χ0n) is 9.63. The summed E-state index contributed by atoms with van der Waals surface area (Å²) in [6, 6.07) is 0. The second-order valence-electron chi connectivity index (χ2n) is 3.87. The van der Waals surface area contributed by atoms with Gasteiger partial charge in [0.1, 0.15) is 0 Å². The van der Waals surface area contributed by atoms with Gasteiger partial charge in [0.15, 0.2) is 0 Å². The van der Waals surface area contributed by atoms with Crippen molar-refractivity contribution in [2.24, 2.45) is 14.1 Å². The van der Waals surface area contributed by atoms with Crippen LogP contribution in [0.1, 0.15) is 0 Å². The number of anilines is 1. The van der Waals surface area contributed by atoms with E-state index in [9.17, 15) is 14.4 Å². The van der Waals surface area contributed by atoms with Crippen molar-refractivity contribution in [2.75, 3.05) is 24.5 Å². The van der Waals surface area contributed by atoms with Crippen molar-refractivity contribution in [3.8, 4) is 0 Å². The molecule has 1 saturated heterocycles. The Morgan fingerprint density at radius 3 is 2.59 bits per heavy atom. The third kappa shape index (κ3) is 1.93. The number of nitrogens with one attached hydrogen (secondary N) is 1. The van der Waals surface area contributed by atoms with E-state index in [1.165, 1.54) is 14.1 Å². The van der Waals surface area contributed by atoms with Gasteiger partial charge in [-0.05, 0) is 0 Å². The van der Waals surface area contributed by atoms with Crippen LogP contribution < -0.4 is 21.5 Å². The lowest BCUT2D eigenvalue weighted by atomic mass is 10.3. The summed E-state index contributed by atoms with van der Waals surface area (Å²) in [6.45, 7) is 1.05. The van der Waals surface area contributed by atoms with Crippen LogP contribution in [0.25, 0.3) is 0 Å². The number of rotatable bonds is 1. The van der Waals surface area contributed by atoms with Crippen LogP contribution >= 0.6 is 0 Å². The van der Waals surface area contributed by atoms with Gasteiger partial charge >= 0.3 is 5.69 Å². The molecule has 2 heterocycles. The SMILES string of the molecule is Cn1nc(N2CCNC(=O)C2)c(=O)n(C)c1=O. The monoisotopic (exact) mass is 239 g/mol. The molecule has 92 valence electrons. The highest BCUT2D eigenvalue weighted by Gasteiger charge is 2.21. The lowest BCUT2D eigenvalue weighted by molar-refractivity contribution is -0.120. The summed E-state index contributed by atoms with van der Waals surface area (Å²) < 4.78 is 2.07. The van der Waals surface area contributed by atoms with Crippen LogP contribution in [-0.4, -0.2) is 39.9 Å². The minimum atomic E-state index is -0.486. The van der Waals surface area contributed by atoms with Crippen molar-refractivity contribution < 1.29 is 4.79 Å². The number of aromatic nitrogens is 3. The maximum absolute atomic E-state index is 11.9. The average molecular weight is 239 g/mol. The van der Waals surface area contributed by atoms with Crippen LogP contribution in [0.2, 0.25) is 0 Å².